The molecule has 1 heterocycles. The van der Waals surface area contributed by atoms with Crippen molar-refractivity contribution < 1.29 is 40.9 Å². The molecule has 0 unspecified atom stereocenters. The number of unbranched alkanes of at least 4 members (excludes halogenated alkanes) is 20. The van der Waals surface area contributed by atoms with Crippen LogP contribution in [-0.2, 0) is 19.1 Å². The molecule has 1 rings (SSSR count). The summed E-state index contributed by atoms with van der Waals surface area (Å²) in [6.45, 7) is 11.2. The molecule has 0 aliphatic rings. The summed E-state index contributed by atoms with van der Waals surface area (Å²) in [5.41, 5.74) is 3.35. The fourth-order valence-electron chi connectivity index (χ4n) is 6.28. The van der Waals surface area contributed by atoms with Crippen molar-refractivity contribution in [2.24, 2.45) is 0 Å². The molecule has 0 N–H and O–H groups in total. The number of rotatable bonds is 29. The van der Waals surface area contributed by atoms with Crippen LogP contribution in [0.25, 0.3) is 0 Å². The molecule has 0 fully saturated rings. The molecular formula is C39H70BF4NO4. The molecular weight excluding hydrogens is 633 g/mol. The van der Waals surface area contributed by atoms with E-state index in [1.807, 2.05) is 0 Å². The molecule has 0 spiro atoms. The SMILES string of the molecule is CCCCCCCCCCCCCC(=O)OCC(COC(=O)CCCCCCCCCCCCC)[n+]1c(C)cc(C)cc1C.F[B-](F)(F)F. The largest absolute Gasteiger partial charge is 0.673 e. The third kappa shape index (κ3) is 30.4. The quantitative estimate of drug-likeness (QED) is 0.0274. The van der Waals surface area contributed by atoms with Gasteiger partial charge in [0.2, 0.25) is 6.04 Å². The first kappa shape index (κ1) is 46.9. The van der Waals surface area contributed by atoms with Crippen molar-refractivity contribution in [2.75, 3.05) is 13.2 Å². The summed E-state index contributed by atoms with van der Waals surface area (Å²) in [6, 6.07) is 4.03. The van der Waals surface area contributed by atoms with Gasteiger partial charge in [-0.1, -0.05) is 142 Å². The molecule has 0 saturated heterocycles. The zero-order chi connectivity index (χ0) is 36.8. The van der Waals surface area contributed by atoms with E-state index in [1.54, 1.807) is 0 Å². The minimum atomic E-state index is -6.00. The Kier molecular flexibility index (Phi) is 29.3. The Hall–Kier alpha value is -2.13. The van der Waals surface area contributed by atoms with Gasteiger partial charge in [0.15, 0.2) is 24.6 Å². The minimum absolute atomic E-state index is 0.152. The van der Waals surface area contributed by atoms with Gasteiger partial charge in [0.05, 0.1) is 0 Å². The van der Waals surface area contributed by atoms with Gasteiger partial charge in [-0.3, -0.25) is 9.59 Å². The summed E-state index contributed by atoms with van der Waals surface area (Å²) in [4.78, 5) is 25.2. The zero-order valence-corrected chi connectivity index (χ0v) is 31.8. The van der Waals surface area contributed by atoms with Crippen LogP contribution in [0.5, 0.6) is 0 Å². The highest BCUT2D eigenvalue weighted by Gasteiger charge is 2.27. The van der Waals surface area contributed by atoms with Crippen LogP contribution in [0.1, 0.15) is 191 Å². The summed E-state index contributed by atoms with van der Waals surface area (Å²) in [5, 5.41) is 0. The second kappa shape index (κ2) is 30.7. The van der Waals surface area contributed by atoms with Crippen LogP contribution < -0.4 is 4.57 Å². The van der Waals surface area contributed by atoms with Crippen LogP contribution in [0.4, 0.5) is 17.3 Å². The van der Waals surface area contributed by atoms with Gasteiger partial charge in [0.25, 0.3) is 0 Å². The molecule has 0 radical (unpaired) electrons. The number of aryl methyl sites for hydroxylation is 3. The van der Waals surface area contributed by atoms with E-state index in [2.05, 4.69) is 51.3 Å². The van der Waals surface area contributed by atoms with E-state index in [0.717, 1.165) is 37.1 Å². The van der Waals surface area contributed by atoms with Crippen molar-refractivity contribution >= 4 is 19.2 Å². The summed E-state index contributed by atoms with van der Waals surface area (Å²) in [6.07, 6.45) is 28.6. The first-order valence-electron chi connectivity index (χ1n) is 19.6. The van der Waals surface area contributed by atoms with Crippen LogP contribution in [0, 0.1) is 20.8 Å². The first-order valence-corrected chi connectivity index (χ1v) is 19.6. The third-order valence-corrected chi connectivity index (χ3v) is 8.84. The second-order valence-corrected chi connectivity index (χ2v) is 13.8. The second-order valence-electron chi connectivity index (χ2n) is 13.8. The summed E-state index contributed by atoms with van der Waals surface area (Å²) in [7, 11) is -6.00. The number of hydrogen-bond acceptors (Lipinski definition) is 4. The Bertz CT molecular complexity index is 906. The number of pyridine rings is 1. The molecule has 1 aromatic rings. The number of carbonyl (C=O) groups is 2. The number of ether oxygens (including phenoxy) is 2. The summed E-state index contributed by atoms with van der Waals surface area (Å²) >= 11 is 0. The number of aromatic nitrogens is 1. The van der Waals surface area contributed by atoms with Crippen LogP contribution in [0.2, 0.25) is 0 Å². The standard InChI is InChI=1S/C39H70NO4.BF4/c1-6-8-10-12-14-16-18-20-22-24-26-28-38(41)43-32-37(40-35(4)30-34(3)31-36(40)5)33-44-39(42)29-27-25-23-21-19-17-15-13-11-9-7-2;2-1(3,4)5/h30-31,37H,6-29,32-33H2,1-5H3;/q+1;-1. The summed E-state index contributed by atoms with van der Waals surface area (Å²) < 4.78 is 52.6. The highest BCUT2D eigenvalue weighted by Crippen LogP contribution is 2.15. The van der Waals surface area contributed by atoms with Gasteiger partial charge >= 0.3 is 19.2 Å². The van der Waals surface area contributed by atoms with E-state index >= 15 is 0 Å². The lowest BCUT2D eigenvalue weighted by atomic mass is 10.1. The van der Waals surface area contributed by atoms with Gasteiger partial charge in [-0.25, -0.2) is 0 Å². The zero-order valence-electron chi connectivity index (χ0n) is 31.8. The first-order chi connectivity index (χ1) is 23.4. The lowest BCUT2D eigenvalue weighted by Crippen LogP contribution is -2.50. The van der Waals surface area contributed by atoms with E-state index in [-0.39, 0.29) is 31.2 Å². The Morgan fingerprint density at radius 1 is 0.551 bits per heavy atom. The number of halogens is 4. The average molecular weight is 704 g/mol. The van der Waals surface area contributed by atoms with E-state index in [4.69, 9.17) is 9.47 Å². The molecule has 286 valence electrons. The molecule has 0 saturated carbocycles. The van der Waals surface area contributed by atoms with Crippen LogP contribution in [-0.4, -0.2) is 32.4 Å². The molecule has 1 aromatic heterocycles. The van der Waals surface area contributed by atoms with Gasteiger partial charge in [-0.2, -0.15) is 4.57 Å². The highest BCUT2D eigenvalue weighted by atomic mass is 19.5. The fourth-order valence-corrected chi connectivity index (χ4v) is 6.28. The van der Waals surface area contributed by atoms with Gasteiger partial charge in [-0.05, 0) is 25.3 Å². The van der Waals surface area contributed by atoms with Gasteiger partial charge in [0.1, 0.15) is 0 Å². The van der Waals surface area contributed by atoms with E-state index in [9.17, 15) is 26.9 Å². The number of nitrogens with zero attached hydrogens (tertiary/aromatic N) is 1. The molecule has 0 bridgehead atoms. The van der Waals surface area contributed by atoms with E-state index < -0.39 is 7.25 Å². The van der Waals surface area contributed by atoms with Crippen LogP contribution in [0.15, 0.2) is 12.1 Å². The van der Waals surface area contributed by atoms with Gasteiger partial charge in [-0.15, -0.1) is 0 Å². The molecule has 0 aromatic carbocycles. The maximum Gasteiger partial charge on any atom is 0.673 e. The predicted octanol–water partition coefficient (Wildman–Crippen LogP) is 12.2. The number of esters is 2. The van der Waals surface area contributed by atoms with Gasteiger partial charge < -0.3 is 26.7 Å². The van der Waals surface area contributed by atoms with Crippen molar-refractivity contribution in [3.05, 3.63) is 29.1 Å². The molecule has 0 amide bonds. The number of carbonyl (C=O) groups excluding carboxylic acids is 2. The van der Waals surface area contributed by atoms with Crippen molar-refractivity contribution in [3.8, 4) is 0 Å². The van der Waals surface area contributed by atoms with Crippen molar-refractivity contribution in [1.82, 2.24) is 0 Å². The Morgan fingerprint density at radius 2 is 0.816 bits per heavy atom. The third-order valence-electron chi connectivity index (χ3n) is 8.84. The van der Waals surface area contributed by atoms with Crippen molar-refractivity contribution in [1.29, 1.82) is 0 Å². The maximum atomic E-state index is 12.6. The smallest absolute Gasteiger partial charge is 0.458 e. The lowest BCUT2D eigenvalue weighted by Gasteiger charge is -2.17. The molecule has 5 nitrogen and oxygen atoms in total. The summed E-state index contributed by atoms with van der Waals surface area (Å²) in [5.74, 6) is -0.303. The Balaban J connectivity index is 0.00000427. The Morgan fingerprint density at radius 3 is 1.10 bits per heavy atom. The lowest BCUT2D eigenvalue weighted by molar-refractivity contribution is -0.736. The highest BCUT2D eigenvalue weighted by molar-refractivity contribution is 6.50. The molecule has 0 aliphatic heterocycles. The van der Waals surface area contributed by atoms with E-state index in [1.165, 1.54) is 121 Å². The fraction of sp³-hybridized carbons (Fsp3) is 0.821. The van der Waals surface area contributed by atoms with Crippen LogP contribution in [0.3, 0.4) is 0 Å². The topological polar surface area (TPSA) is 56.5 Å². The minimum Gasteiger partial charge on any atom is -0.458 e. The normalized spacial score (nSPS) is 11.4. The van der Waals surface area contributed by atoms with Gasteiger partial charge in [0, 0.05) is 38.8 Å². The molecule has 10 heteroatoms. The number of hydrogen-bond donors (Lipinski definition) is 0. The predicted molar refractivity (Wildman–Crippen MR) is 194 cm³/mol. The van der Waals surface area contributed by atoms with Crippen molar-refractivity contribution in [3.63, 3.8) is 0 Å². The molecule has 0 aliphatic carbocycles. The van der Waals surface area contributed by atoms with E-state index in [0.29, 0.717) is 12.8 Å². The monoisotopic (exact) mass is 704 g/mol. The average Bonchev–Trinajstić information content (AvgIpc) is 3.02. The molecule has 0 atom stereocenters. The van der Waals surface area contributed by atoms with Crippen LogP contribution >= 0.6 is 0 Å². The maximum absolute atomic E-state index is 12.6. The molecule has 49 heavy (non-hydrogen) atoms. The van der Waals surface area contributed by atoms with Crippen molar-refractivity contribution in [2.45, 2.75) is 195 Å². The Labute approximate surface area is 296 Å².